The first-order valence-corrected chi connectivity index (χ1v) is 7.84. The standard InChI is InChI=1S/C13H18N4O2S/c14-10-12-2-4-13(5-3-12)20(18,19)16-6-1-8-17-9-7-15-11-17/h2-5,7,9,11,16H,1,6,8,10,14H2. The largest absolute Gasteiger partial charge is 0.337 e. The van der Waals surface area contributed by atoms with E-state index in [1.54, 1.807) is 36.8 Å². The van der Waals surface area contributed by atoms with Crippen LogP contribution in [0.15, 0.2) is 47.9 Å². The van der Waals surface area contributed by atoms with Crippen LogP contribution in [0.2, 0.25) is 0 Å². The van der Waals surface area contributed by atoms with Gasteiger partial charge in [-0.2, -0.15) is 0 Å². The van der Waals surface area contributed by atoms with Crippen molar-refractivity contribution in [2.75, 3.05) is 6.54 Å². The van der Waals surface area contributed by atoms with Crippen molar-refractivity contribution in [1.82, 2.24) is 14.3 Å². The zero-order valence-electron chi connectivity index (χ0n) is 11.1. The maximum atomic E-state index is 12.0. The molecule has 1 aromatic carbocycles. The molecule has 2 rings (SSSR count). The summed E-state index contributed by atoms with van der Waals surface area (Å²) < 4.78 is 28.6. The highest BCUT2D eigenvalue weighted by Gasteiger charge is 2.12. The van der Waals surface area contributed by atoms with E-state index < -0.39 is 10.0 Å². The topological polar surface area (TPSA) is 90.0 Å². The molecule has 108 valence electrons. The molecule has 0 spiro atoms. The van der Waals surface area contributed by atoms with Gasteiger partial charge < -0.3 is 10.3 Å². The van der Waals surface area contributed by atoms with E-state index in [-0.39, 0.29) is 4.90 Å². The SMILES string of the molecule is NCc1ccc(S(=O)(=O)NCCCn2ccnc2)cc1. The molecule has 0 saturated heterocycles. The minimum Gasteiger partial charge on any atom is -0.337 e. The minimum absolute atomic E-state index is 0.261. The minimum atomic E-state index is -3.44. The molecule has 0 amide bonds. The number of hydrogen-bond acceptors (Lipinski definition) is 4. The van der Waals surface area contributed by atoms with Gasteiger partial charge in [0.05, 0.1) is 11.2 Å². The van der Waals surface area contributed by atoms with Crippen molar-refractivity contribution in [2.45, 2.75) is 24.4 Å². The molecular weight excluding hydrogens is 276 g/mol. The van der Waals surface area contributed by atoms with E-state index in [9.17, 15) is 8.42 Å². The van der Waals surface area contributed by atoms with Gasteiger partial charge in [0, 0.05) is 32.0 Å². The summed E-state index contributed by atoms with van der Waals surface area (Å²) >= 11 is 0. The second-order valence-electron chi connectivity index (χ2n) is 4.40. The molecule has 0 fully saturated rings. The monoisotopic (exact) mass is 294 g/mol. The average molecular weight is 294 g/mol. The summed E-state index contributed by atoms with van der Waals surface area (Å²) in [5, 5.41) is 0. The number of aryl methyl sites for hydroxylation is 1. The van der Waals surface area contributed by atoms with Gasteiger partial charge in [-0.05, 0) is 24.1 Å². The van der Waals surface area contributed by atoms with Crippen molar-refractivity contribution in [1.29, 1.82) is 0 Å². The molecule has 0 aliphatic heterocycles. The first kappa shape index (κ1) is 14.7. The molecular formula is C13H18N4O2S. The Morgan fingerprint density at radius 2 is 2.00 bits per heavy atom. The molecule has 6 nitrogen and oxygen atoms in total. The van der Waals surface area contributed by atoms with E-state index >= 15 is 0 Å². The third kappa shape index (κ3) is 3.89. The van der Waals surface area contributed by atoms with Crippen molar-refractivity contribution in [3.05, 3.63) is 48.5 Å². The quantitative estimate of drug-likeness (QED) is 0.736. The van der Waals surface area contributed by atoms with E-state index in [4.69, 9.17) is 5.73 Å². The van der Waals surface area contributed by atoms with Crippen LogP contribution in [0.25, 0.3) is 0 Å². The fourth-order valence-corrected chi connectivity index (χ4v) is 2.85. The van der Waals surface area contributed by atoms with Crippen LogP contribution in [-0.4, -0.2) is 24.5 Å². The van der Waals surface area contributed by atoms with Gasteiger partial charge in [-0.1, -0.05) is 12.1 Å². The van der Waals surface area contributed by atoms with Crippen molar-refractivity contribution in [2.24, 2.45) is 5.73 Å². The summed E-state index contributed by atoms with van der Waals surface area (Å²) in [6.07, 6.45) is 5.96. The molecule has 0 saturated carbocycles. The van der Waals surface area contributed by atoms with Crippen LogP contribution in [0.5, 0.6) is 0 Å². The molecule has 7 heteroatoms. The fraction of sp³-hybridized carbons (Fsp3) is 0.308. The third-order valence-corrected chi connectivity index (χ3v) is 4.39. The number of nitrogens with two attached hydrogens (primary N) is 1. The Balaban J connectivity index is 1.86. The van der Waals surface area contributed by atoms with Crippen molar-refractivity contribution in [3.8, 4) is 0 Å². The summed E-state index contributed by atoms with van der Waals surface area (Å²) in [6, 6.07) is 6.58. The van der Waals surface area contributed by atoms with E-state index in [1.807, 2.05) is 10.8 Å². The highest BCUT2D eigenvalue weighted by atomic mass is 32.2. The van der Waals surface area contributed by atoms with Gasteiger partial charge in [0.2, 0.25) is 10.0 Å². The molecule has 20 heavy (non-hydrogen) atoms. The van der Waals surface area contributed by atoms with Crippen LogP contribution in [0.1, 0.15) is 12.0 Å². The molecule has 0 radical (unpaired) electrons. The first-order valence-electron chi connectivity index (χ1n) is 6.36. The Kier molecular flexibility index (Phi) is 4.89. The Bertz CT molecular complexity index is 621. The van der Waals surface area contributed by atoms with Gasteiger partial charge in [-0.15, -0.1) is 0 Å². The number of nitrogens with one attached hydrogen (secondary N) is 1. The molecule has 2 aromatic rings. The van der Waals surface area contributed by atoms with Gasteiger partial charge in [0.15, 0.2) is 0 Å². The van der Waals surface area contributed by atoms with E-state index in [1.165, 1.54) is 0 Å². The lowest BCUT2D eigenvalue weighted by atomic mass is 10.2. The van der Waals surface area contributed by atoms with Crippen LogP contribution < -0.4 is 10.5 Å². The normalized spacial score (nSPS) is 11.7. The zero-order chi connectivity index (χ0) is 14.4. The predicted octanol–water partition coefficient (Wildman–Crippen LogP) is 0.710. The van der Waals surface area contributed by atoms with Gasteiger partial charge in [0.1, 0.15) is 0 Å². The molecule has 0 bridgehead atoms. The summed E-state index contributed by atoms with van der Waals surface area (Å²) in [5.74, 6) is 0. The fourth-order valence-electron chi connectivity index (χ4n) is 1.78. The number of imidazole rings is 1. The van der Waals surface area contributed by atoms with Gasteiger partial charge >= 0.3 is 0 Å². The molecule has 0 aliphatic carbocycles. The van der Waals surface area contributed by atoms with Crippen LogP contribution in [-0.2, 0) is 23.1 Å². The summed E-state index contributed by atoms with van der Waals surface area (Å²) in [6.45, 7) is 1.52. The smallest absolute Gasteiger partial charge is 0.240 e. The lowest BCUT2D eigenvalue weighted by Crippen LogP contribution is -2.25. The predicted molar refractivity (Wildman–Crippen MR) is 76.4 cm³/mol. The number of sulfonamides is 1. The Morgan fingerprint density at radius 3 is 2.60 bits per heavy atom. The van der Waals surface area contributed by atoms with E-state index in [0.717, 1.165) is 12.1 Å². The number of nitrogens with zero attached hydrogens (tertiary/aromatic N) is 2. The molecule has 1 aromatic heterocycles. The first-order chi connectivity index (χ1) is 9.62. The maximum Gasteiger partial charge on any atom is 0.240 e. The lowest BCUT2D eigenvalue weighted by molar-refractivity contribution is 0.570. The number of benzene rings is 1. The average Bonchev–Trinajstić information content (AvgIpc) is 2.97. The van der Waals surface area contributed by atoms with E-state index in [0.29, 0.717) is 19.5 Å². The third-order valence-electron chi connectivity index (χ3n) is 2.91. The molecule has 1 heterocycles. The van der Waals surface area contributed by atoms with Crippen molar-refractivity contribution in [3.63, 3.8) is 0 Å². The molecule has 3 N–H and O–H groups in total. The Hall–Kier alpha value is -1.70. The molecule has 0 unspecified atom stereocenters. The Morgan fingerprint density at radius 1 is 1.25 bits per heavy atom. The highest BCUT2D eigenvalue weighted by molar-refractivity contribution is 7.89. The number of hydrogen-bond donors (Lipinski definition) is 2. The lowest BCUT2D eigenvalue weighted by Gasteiger charge is -2.07. The van der Waals surface area contributed by atoms with Gasteiger partial charge in [-0.25, -0.2) is 18.1 Å². The summed E-state index contributed by atoms with van der Waals surface area (Å²) in [4.78, 5) is 4.19. The van der Waals surface area contributed by atoms with Crippen LogP contribution in [0, 0.1) is 0 Å². The number of aromatic nitrogens is 2. The second-order valence-corrected chi connectivity index (χ2v) is 6.17. The second kappa shape index (κ2) is 6.65. The van der Waals surface area contributed by atoms with Gasteiger partial charge in [-0.3, -0.25) is 0 Å². The highest BCUT2D eigenvalue weighted by Crippen LogP contribution is 2.10. The van der Waals surface area contributed by atoms with Gasteiger partial charge in [0.25, 0.3) is 0 Å². The van der Waals surface area contributed by atoms with Crippen LogP contribution in [0.4, 0.5) is 0 Å². The summed E-state index contributed by atoms with van der Waals surface area (Å²) in [7, 11) is -3.44. The molecule has 0 atom stereocenters. The zero-order valence-corrected chi connectivity index (χ0v) is 11.9. The van der Waals surface area contributed by atoms with Crippen molar-refractivity contribution >= 4 is 10.0 Å². The van der Waals surface area contributed by atoms with Crippen molar-refractivity contribution < 1.29 is 8.42 Å². The van der Waals surface area contributed by atoms with E-state index in [2.05, 4.69) is 9.71 Å². The Labute approximate surface area is 118 Å². The van der Waals surface area contributed by atoms with Crippen LogP contribution >= 0.6 is 0 Å². The number of rotatable bonds is 7. The van der Waals surface area contributed by atoms with Crippen LogP contribution in [0.3, 0.4) is 0 Å². The molecule has 0 aliphatic rings. The maximum absolute atomic E-state index is 12.0. The summed E-state index contributed by atoms with van der Waals surface area (Å²) in [5.41, 5.74) is 6.39.